The van der Waals surface area contributed by atoms with Gasteiger partial charge in [-0.3, -0.25) is 14.5 Å². The van der Waals surface area contributed by atoms with Crippen LogP contribution in [0.5, 0.6) is 0 Å². The minimum Gasteiger partial charge on any atom is -0.342 e. The number of piperazine rings is 1. The second kappa shape index (κ2) is 5.81. The number of anilines is 1. The molecule has 1 N–H and O–H groups in total. The van der Waals surface area contributed by atoms with E-state index in [-0.39, 0.29) is 33.5 Å². The molecule has 1 aromatic rings. The van der Waals surface area contributed by atoms with Crippen molar-refractivity contribution in [2.45, 2.75) is 32.9 Å². The van der Waals surface area contributed by atoms with Crippen LogP contribution < -0.4 is 10.2 Å². The Morgan fingerprint density at radius 2 is 1.76 bits per heavy atom. The van der Waals surface area contributed by atoms with Crippen molar-refractivity contribution in [3.63, 3.8) is 0 Å². The third-order valence-electron chi connectivity index (χ3n) is 3.46. The summed E-state index contributed by atoms with van der Waals surface area (Å²) in [4.78, 5) is 25.9. The van der Waals surface area contributed by atoms with Gasteiger partial charge in [0.05, 0.1) is 15.7 Å². The summed E-state index contributed by atoms with van der Waals surface area (Å²) in [5.74, 6) is -1.30. The second-order valence-electron chi connectivity index (χ2n) is 5.33. The van der Waals surface area contributed by atoms with Crippen LogP contribution in [-0.4, -0.2) is 23.9 Å². The van der Waals surface area contributed by atoms with Gasteiger partial charge in [-0.25, -0.2) is 4.39 Å². The zero-order chi connectivity index (χ0) is 15.9. The smallest absolute Gasteiger partial charge is 0.250 e. The lowest BCUT2D eigenvalue weighted by atomic mass is 9.97. The Labute approximate surface area is 132 Å². The Balaban J connectivity index is 2.54. The Bertz CT molecular complexity index is 584. The highest BCUT2D eigenvalue weighted by atomic mass is 35.5. The lowest BCUT2D eigenvalue weighted by Crippen LogP contribution is -2.64. The zero-order valence-corrected chi connectivity index (χ0v) is 13.3. The van der Waals surface area contributed by atoms with Gasteiger partial charge in [0.15, 0.2) is 0 Å². The molecule has 1 aromatic carbocycles. The Hall–Kier alpha value is -1.33. The van der Waals surface area contributed by atoms with Crippen LogP contribution in [0.3, 0.4) is 0 Å². The molecular formula is C14H15Cl2FN2O2. The van der Waals surface area contributed by atoms with Crippen LogP contribution in [-0.2, 0) is 9.59 Å². The molecule has 0 aromatic heterocycles. The van der Waals surface area contributed by atoms with E-state index >= 15 is 0 Å². The molecule has 1 saturated heterocycles. The number of halogens is 3. The summed E-state index contributed by atoms with van der Waals surface area (Å²) in [5.41, 5.74) is 0.165. The number of hydrogen-bond acceptors (Lipinski definition) is 2. The van der Waals surface area contributed by atoms with Gasteiger partial charge >= 0.3 is 0 Å². The normalized spacial score (nSPS) is 22.7. The first-order chi connectivity index (χ1) is 9.73. The van der Waals surface area contributed by atoms with Crippen LogP contribution in [0.15, 0.2) is 12.1 Å². The predicted molar refractivity (Wildman–Crippen MR) is 80.1 cm³/mol. The van der Waals surface area contributed by atoms with Crippen LogP contribution in [0.25, 0.3) is 0 Å². The third-order valence-corrected chi connectivity index (χ3v) is 4.03. The number of carbonyl (C=O) groups is 2. The maximum absolute atomic E-state index is 13.3. The molecule has 21 heavy (non-hydrogen) atoms. The largest absolute Gasteiger partial charge is 0.342 e. The quantitative estimate of drug-likeness (QED) is 0.904. The van der Waals surface area contributed by atoms with Crippen molar-refractivity contribution in [3.05, 3.63) is 28.0 Å². The van der Waals surface area contributed by atoms with Crippen LogP contribution in [0.1, 0.15) is 20.8 Å². The summed E-state index contributed by atoms with van der Waals surface area (Å²) in [6, 6.07) is 0.707. The van der Waals surface area contributed by atoms with Crippen molar-refractivity contribution in [2.24, 2.45) is 5.92 Å². The van der Waals surface area contributed by atoms with Crippen molar-refractivity contribution < 1.29 is 14.0 Å². The Morgan fingerprint density at radius 1 is 1.24 bits per heavy atom. The van der Waals surface area contributed by atoms with Crippen LogP contribution in [0.4, 0.5) is 10.1 Å². The fourth-order valence-electron chi connectivity index (χ4n) is 2.31. The van der Waals surface area contributed by atoms with E-state index in [1.807, 2.05) is 13.8 Å². The molecule has 0 saturated carbocycles. The van der Waals surface area contributed by atoms with Gasteiger partial charge in [0.25, 0.3) is 5.91 Å². The van der Waals surface area contributed by atoms with Crippen molar-refractivity contribution in [1.29, 1.82) is 0 Å². The molecule has 114 valence electrons. The maximum Gasteiger partial charge on any atom is 0.250 e. The van der Waals surface area contributed by atoms with Gasteiger partial charge in [0.1, 0.15) is 17.9 Å². The van der Waals surface area contributed by atoms with E-state index in [9.17, 15) is 14.0 Å². The molecule has 4 nitrogen and oxygen atoms in total. The minimum atomic E-state index is -0.770. The first kappa shape index (κ1) is 16.0. The molecule has 0 radical (unpaired) electrons. The number of rotatable bonds is 2. The van der Waals surface area contributed by atoms with E-state index < -0.39 is 17.9 Å². The molecular weight excluding hydrogens is 318 g/mol. The van der Waals surface area contributed by atoms with Crippen molar-refractivity contribution in [1.82, 2.24) is 5.32 Å². The number of hydrogen-bond donors (Lipinski definition) is 1. The van der Waals surface area contributed by atoms with Gasteiger partial charge in [-0.15, -0.1) is 0 Å². The highest BCUT2D eigenvalue weighted by Crippen LogP contribution is 2.37. The minimum absolute atomic E-state index is 0.00240. The number of amides is 2. The van der Waals surface area contributed by atoms with Gasteiger partial charge in [-0.1, -0.05) is 37.0 Å². The van der Waals surface area contributed by atoms with E-state index in [4.69, 9.17) is 23.2 Å². The highest BCUT2D eigenvalue weighted by molar-refractivity contribution is 6.40. The van der Waals surface area contributed by atoms with Gasteiger partial charge in [-0.05, 0) is 25.0 Å². The summed E-state index contributed by atoms with van der Waals surface area (Å²) in [6.07, 6.45) is 0. The van der Waals surface area contributed by atoms with E-state index in [1.54, 1.807) is 6.92 Å². The molecule has 2 atom stereocenters. The van der Waals surface area contributed by atoms with Crippen LogP contribution in [0, 0.1) is 11.7 Å². The molecule has 0 spiro atoms. The summed E-state index contributed by atoms with van der Waals surface area (Å²) in [5, 5.41) is 2.67. The lowest BCUT2D eigenvalue weighted by Gasteiger charge is -2.39. The number of benzene rings is 1. The monoisotopic (exact) mass is 332 g/mol. The van der Waals surface area contributed by atoms with Crippen molar-refractivity contribution in [3.8, 4) is 0 Å². The van der Waals surface area contributed by atoms with Gasteiger partial charge < -0.3 is 5.32 Å². The third kappa shape index (κ3) is 2.85. The van der Waals surface area contributed by atoms with E-state index in [0.717, 1.165) is 12.1 Å². The first-order valence-corrected chi connectivity index (χ1v) is 7.27. The summed E-state index contributed by atoms with van der Waals surface area (Å²) in [7, 11) is 0. The highest BCUT2D eigenvalue weighted by Gasteiger charge is 2.41. The molecule has 1 fully saturated rings. The maximum atomic E-state index is 13.3. The molecule has 2 rings (SSSR count). The van der Waals surface area contributed by atoms with Crippen molar-refractivity contribution >= 4 is 40.7 Å². The fourth-order valence-corrected chi connectivity index (χ4v) is 2.96. The fraction of sp³-hybridized carbons (Fsp3) is 0.429. The van der Waals surface area contributed by atoms with E-state index in [1.165, 1.54) is 4.90 Å². The molecule has 0 aliphatic carbocycles. The molecule has 0 bridgehead atoms. The number of carbonyl (C=O) groups excluding carboxylic acids is 2. The van der Waals surface area contributed by atoms with Crippen molar-refractivity contribution in [2.75, 3.05) is 4.90 Å². The van der Waals surface area contributed by atoms with Gasteiger partial charge in [0.2, 0.25) is 5.91 Å². The SMILES string of the molecule is CC(C)C1NC(=O)C(C)N(c2c(Cl)cc(F)cc2Cl)C1=O. The number of nitrogens with zero attached hydrogens (tertiary/aromatic N) is 1. The Morgan fingerprint density at radius 3 is 2.24 bits per heavy atom. The zero-order valence-electron chi connectivity index (χ0n) is 11.8. The summed E-state index contributed by atoms with van der Waals surface area (Å²) >= 11 is 12.0. The number of nitrogens with one attached hydrogen (secondary N) is 1. The molecule has 1 aliphatic heterocycles. The summed E-state index contributed by atoms with van der Waals surface area (Å²) in [6.45, 7) is 5.22. The average Bonchev–Trinajstić information content (AvgIpc) is 2.36. The molecule has 2 unspecified atom stereocenters. The molecule has 7 heteroatoms. The molecule has 1 aliphatic rings. The standard InChI is InChI=1S/C14H15Cl2FN2O2/c1-6(2)11-14(21)19(7(3)13(20)18-11)12-9(15)4-8(17)5-10(12)16/h4-7,11H,1-3H3,(H,18,20). The molecule has 2 amide bonds. The lowest BCUT2D eigenvalue weighted by molar-refractivity contribution is -0.134. The van der Waals surface area contributed by atoms with E-state index in [0.29, 0.717) is 0 Å². The van der Waals surface area contributed by atoms with Crippen LogP contribution >= 0.6 is 23.2 Å². The van der Waals surface area contributed by atoms with Gasteiger partial charge in [0, 0.05) is 0 Å². The Kier molecular flexibility index (Phi) is 4.44. The van der Waals surface area contributed by atoms with Crippen LogP contribution in [0.2, 0.25) is 10.0 Å². The van der Waals surface area contributed by atoms with Gasteiger partial charge in [-0.2, -0.15) is 0 Å². The first-order valence-electron chi connectivity index (χ1n) is 6.52. The second-order valence-corrected chi connectivity index (χ2v) is 6.15. The average molecular weight is 333 g/mol. The summed E-state index contributed by atoms with van der Waals surface area (Å²) < 4.78 is 13.3. The molecule has 1 heterocycles. The topological polar surface area (TPSA) is 49.4 Å². The predicted octanol–water partition coefficient (Wildman–Crippen LogP) is 3.01. The van der Waals surface area contributed by atoms with E-state index in [2.05, 4.69) is 5.32 Å².